The van der Waals surface area contributed by atoms with Gasteiger partial charge < -0.3 is 25.8 Å². The van der Waals surface area contributed by atoms with Crippen molar-refractivity contribution in [2.75, 3.05) is 25.5 Å². The molecule has 0 saturated carbocycles. The lowest BCUT2D eigenvalue weighted by Crippen LogP contribution is -2.34. The molecule has 1 rings (SSSR count). The summed E-state index contributed by atoms with van der Waals surface area (Å²) in [5, 5.41) is 5.97. The van der Waals surface area contributed by atoms with Gasteiger partial charge in [0.2, 0.25) is 0 Å². The summed E-state index contributed by atoms with van der Waals surface area (Å²) in [6.07, 6.45) is -0.485. The first-order chi connectivity index (χ1) is 10.7. The van der Waals surface area contributed by atoms with Crippen molar-refractivity contribution in [2.45, 2.75) is 26.4 Å². The van der Waals surface area contributed by atoms with Gasteiger partial charge in [0.1, 0.15) is 11.4 Å². The molecule has 0 aliphatic heterocycles. The number of benzene rings is 1. The number of hydrogen-bond donors (Lipinski definition) is 3. The number of alkyl carbamates (subject to hydrolysis) is 1. The Labute approximate surface area is 164 Å². The minimum absolute atomic E-state index is 0. The molecular formula is C15H24ClIN4O3. The second kappa shape index (κ2) is 10.4. The predicted molar refractivity (Wildman–Crippen MR) is 108 cm³/mol. The molecule has 0 fully saturated rings. The van der Waals surface area contributed by atoms with Crippen molar-refractivity contribution in [3.05, 3.63) is 23.2 Å². The first-order valence-electron chi connectivity index (χ1n) is 7.08. The van der Waals surface area contributed by atoms with E-state index in [1.54, 1.807) is 46.1 Å². The molecule has 136 valence electrons. The van der Waals surface area contributed by atoms with Gasteiger partial charge in [-0.25, -0.2) is 4.79 Å². The van der Waals surface area contributed by atoms with E-state index in [-0.39, 0.29) is 29.9 Å². The Morgan fingerprint density at radius 3 is 2.58 bits per heavy atom. The van der Waals surface area contributed by atoms with Crippen molar-refractivity contribution in [1.29, 1.82) is 0 Å². The van der Waals surface area contributed by atoms with Gasteiger partial charge in [-0.1, -0.05) is 11.6 Å². The standard InChI is InChI=1S/C15H23ClN4O3.HI/c1-15(2,3)23-14(21)19-8-7-18-13(17)20-10-5-6-12(22-4)11(16)9-10;/h5-6,9H,7-8H2,1-4H3,(H,19,21)(H3,17,18,20);1H. The smallest absolute Gasteiger partial charge is 0.407 e. The van der Waals surface area contributed by atoms with E-state index < -0.39 is 11.7 Å². The SMILES string of the molecule is COc1ccc(NC(N)=NCCNC(=O)OC(C)(C)C)cc1Cl.I. The van der Waals surface area contributed by atoms with Crippen LogP contribution in [0, 0.1) is 0 Å². The summed E-state index contributed by atoms with van der Waals surface area (Å²) in [6, 6.07) is 5.18. The van der Waals surface area contributed by atoms with Gasteiger partial charge in [-0.05, 0) is 39.0 Å². The number of nitrogens with zero attached hydrogens (tertiary/aromatic N) is 1. The third kappa shape index (κ3) is 9.02. The van der Waals surface area contributed by atoms with Gasteiger partial charge in [0.25, 0.3) is 0 Å². The van der Waals surface area contributed by atoms with Crippen LogP contribution in [-0.4, -0.2) is 37.9 Å². The fourth-order valence-corrected chi connectivity index (χ4v) is 1.84. The van der Waals surface area contributed by atoms with E-state index in [9.17, 15) is 4.79 Å². The van der Waals surface area contributed by atoms with Crippen molar-refractivity contribution in [3.63, 3.8) is 0 Å². The molecule has 0 unspecified atom stereocenters. The monoisotopic (exact) mass is 470 g/mol. The molecule has 0 spiro atoms. The Hall–Kier alpha value is -1.42. The highest BCUT2D eigenvalue weighted by Gasteiger charge is 2.15. The average Bonchev–Trinajstić information content (AvgIpc) is 2.42. The summed E-state index contributed by atoms with van der Waals surface area (Å²) in [4.78, 5) is 15.5. The maximum absolute atomic E-state index is 11.4. The number of nitrogens with two attached hydrogens (primary N) is 1. The number of anilines is 1. The molecular weight excluding hydrogens is 447 g/mol. The van der Waals surface area contributed by atoms with Crippen LogP contribution in [0.5, 0.6) is 5.75 Å². The first kappa shape index (κ1) is 22.6. The van der Waals surface area contributed by atoms with Gasteiger partial charge in [0.15, 0.2) is 5.96 Å². The zero-order chi connectivity index (χ0) is 17.5. The van der Waals surface area contributed by atoms with E-state index in [1.807, 2.05) is 0 Å². The number of halogens is 2. The van der Waals surface area contributed by atoms with Crippen LogP contribution in [-0.2, 0) is 4.74 Å². The Morgan fingerprint density at radius 1 is 1.38 bits per heavy atom. The second-order valence-electron chi connectivity index (χ2n) is 5.67. The molecule has 9 heteroatoms. The summed E-state index contributed by atoms with van der Waals surface area (Å²) < 4.78 is 10.2. The number of guanidine groups is 1. The van der Waals surface area contributed by atoms with E-state index in [0.29, 0.717) is 29.5 Å². The molecule has 1 aromatic carbocycles. The van der Waals surface area contributed by atoms with Gasteiger partial charge >= 0.3 is 6.09 Å². The van der Waals surface area contributed by atoms with Crippen molar-refractivity contribution >= 4 is 53.3 Å². The fraction of sp³-hybridized carbons (Fsp3) is 0.467. The molecule has 1 aromatic rings. The quantitative estimate of drug-likeness (QED) is 0.266. The number of rotatable bonds is 5. The van der Waals surface area contributed by atoms with Crippen molar-refractivity contribution in [2.24, 2.45) is 10.7 Å². The maximum atomic E-state index is 11.4. The molecule has 0 heterocycles. The third-order valence-corrected chi connectivity index (χ3v) is 2.78. The number of carbonyl (C=O) groups excluding carboxylic acids is 1. The number of aliphatic imine (C=N–C) groups is 1. The number of carbonyl (C=O) groups is 1. The lowest BCUT2D eigenvalue weighted by atomic mass is 10.2. The van der Waals surface area contributed by atoms with Crippen molar-refractivity contribution in [3.8, 4) is 5.75 Å². The lowest BCUT2D eigenvalue weighted by Gasteiger charge is -2.19. The van der Waals surface area contributed by atoms with Crippen LogP contribution in [0.3, 0.4) is 0 Å². The minimum atomic E-state index is -0.526. The molecule has 0 aromatic heterocycles. The summed E-state index contributed by atoms with van der Waals surface area (Å²) in [7, 11) is 1.54. The van der Waals surface area contributed by atoms with Crippen LogP contribution < -0.4 is 21.1 Å². The minimum Gasteiger partial charge on any atom is -0.495 e. The molecule has 0 aliphatic rings. The maximum Gasteiger partial charge on any atom is 0.407 e. The Bertz CT molecular complexity index is 576. The molecule has 4 N–H and O–H groups in total. The molecule has 24 heavy (non-hydrogen) atoms. The number of amides is 1. The number of hydrogen-bond acceptors (Lipinski definition) is 4. The molecule has 0 aliphatic carbocycles. The first-order valence-corrected chi connectivity index (χ1v) is 7.46. The van der Waals surface area contributed by atoms with Crippen LogP contribution in [0.2, 0.25) is 5.02 Å². The number of ether oxygens (including phenoxy) is 2. The van der Waals surface area contributed by atoms with Gasteiger partial charge in [-0.15, -0.1) is 24.0 Å². The fourth-order valence-electron chi connectivity index (χ4n) is 1.58. The topological polar surface area (TPSA) is 98.0 Å². The summed E-state index contributed by atoms with van der Waals surface area (Å²) in [6.45, 7) is 6.04. The highest BCUT2D eigenvalue weighted by atomic mass is 127. The Balaban J connectivity index is 0.00000529. The number of methoxy groups -OCH3 is 1. The van der Waals surface area contributed by atoms with Crippen molar-refractivity contribution in [1.82, 2.24) is 5.32 Å². The van der Waals surface area contributed by atoms with Crippen LogP contribution in [0.15, 0.2) is 23.2 Å². The average molecular weight is 471 g/mol. The number of nitrogens with one attached hydrogen (secondary N) is 2. The predicted octanol–water partition coefficient (Wildman–Crippen LogP) is 3.22. The van der Waals surface area contributed by atoms with E-state index in [4.69, 9.17) is 26.8 Å². The van der Waals surface area contributed by atoms with Gasteiger partial charge in [0.05, 0.1) is 18.7 Å². The zero-order valence-electron chi connectivity index (χ0n) is 14.2. The van der Waals surface area contributed by atoms with E-state index >= 15 is 0 Å². The largest absolute Gasteiger partial charge is 0.495 e. The third-order valence-electron chi connectivity index (χ3n) is 2.49. The van der Waals surface area contributed by atoms with E-state index in [0.717, 1.165) is 0 Å². The van der Waals surface area contributed by atoms with Crippen LogP contribution in [0.1, 0.15) is 20.8 Å². The van der Waals surface area contributed by atoms with Gasteiger partial charge in [-0.3, -0.25) is 4.99 Å². The molecule has 0 radical (unpaired) electrons. The Morgan fingerprint density at radius 2 is 2.04 bits per heavy atom. The van der Waals surface area contributed by atoms with Crippen molar-refractivity contribution < 1.29 is 14.3 Å². The molecule has 1 amide bonds. The van der Waals surface area contributed by atoms with E-state index in [1.165, 1.54) is 0 Å². The van der Waals surface area contributed by atoms with Gasteiger partial charge in [0, 0.05) is 12.2 Å². The lowest BCUT2D eigenvalue weighted by molar-refractivity contribution is 0.0529. The van der Waals surface area contributed by atoms with Crippen LogP contribution in [0.4, 0.5) is 10.5 Å². The molecule has 7 nitrogen and oxygen atoms in total. The summed E-state index contributed by atoms with van der Waals surface area (Å²) >= 11 is 6.02. The van der Waals surface area contributed by atoms with Gasteiger partial charge in [-0.2, -0.15) is 0 Å². The van der Waals surface area contributed by atoms with Crippen LogP contribution in [0.25, 0.3) is 0 Å². The normalized spacial score (nSPS) is 11.3. The second-order valence-corrected chi connectivity index (χ2v) is 6.08. The molecule has 0 bridgehead atoms. The summed E-state index contributed by atoms with van der Waals surface area (Å²) in [5.74, 6) is 0.798. The molecule has 0 saturated heterocycles. The Kier molecular flexibility index (Phi) is 9.83. The van der Waals surface area contributed by atoms with Crippen LogP contribution >= 0.6 is 35.6 Å². The molecule has 0 atom stereocenters. The zero-order valence-corrected chi connectivity index (χ0v) is 17.3. The van der Waals surface area contributed by atoms with E-state index in [2.05, 4.69) is 15.6 Å². The highest BCUT2D eigenvalue weighted by Crippen LogP contribution is 2.26. The highest BCUT2D eigenvalue weighted by molar-refractivity contribution is 14.0. The summed E-state index contributed by atoms with van der Waals surface area (Å²) in [5.41, 5.74) is 5.93.